The molecule has 0 aliphatic rings. The fourth-order valence-electron chi connectivity index (χ4n) is 7.52. The van der Waals surface area contributed by atoms with E-state index >= 15 is 0 Å². The Balaban J connectivity index is 0.000000194. The van der Waals surface area contributed by atoms with Crippen molar-refractivity contribution >= 4 is 55.6 Å². The third kappa shape index (κ3) is 12.9. The summed E-state index contributed by atoms with van der Waals surface area (Å²) in [4.78, 5) is 58.8. The van der Waals surface area contributed by atoms with E-state index in [1.807, 2.05) is 129 Å². The molecule has 2 amide bonds. The van der Waals surface area contributed by atoms with Crippen molar-refractivity contribution in [2.24, 2.45) is 5.73 Å². The maximum absolute atomic E-state index is 13.8. The van der Waals surface area contributed by atoms with Crippen molar-refractivity contribution in [2.45, 2.75) is 78.7 Å². The van der Waals surface area contributed by atoms with Crippen molar-refractivity contribution in [3.05, 3.63) is 217 Å². The molecule has 0 bridgehead atoms. The molecule has 0 fully saturated rings. The molecule has 0 aliphatic carbocycles. The molecule has 2 heterocycles. The summed E-state index contributed by atoms with van der Waals surface area (Å²) >= 11 is 3.46. The predicted molar refractivity (Wildman–Crippen MR) is 270 cm³/mol. The molecule has 0 saturated carbocycles. The second-order valence-corrected chi connectivity index (χ2v) is 18.6. The normalized spacial score (nSPS) is 11.3. The van der Waals surface area contributed by atoms with E-state index in [0.717, 1.165) is 26.7 Å². The van der Waals surface area contributed by atoms with Gasteiger partial charge in [-0.3, -0.25) is 24.0 Å². The van der Waals surface area contributed by atoms with Gasteiger partial charge in [0, 0.05) is 10.2 Å². The van der Waals surface area contributed by atoms with Gasteiger partial charge < -0.3 is 15.2 Å². The van der Waals surface area contributed by atoms with Crippen molar-refractivity contribution in [3.8, 4) is 0 Å². The van der Waals surface area contributed by atoms with E-state index < -0.39 is 23.4 Å². The van der Waals surface area contributed by atoms with Crippen molar-refractivity contribution < 1.29 is 19.1 Å². The number of benzene rings is 6. The summed E-state index contributed by atoms with van der Waals surface area (Å²) in [5, 5.41) is 3.74. The Bertz CT molecular complexity index is 3020. The van der Waals surface area contributed by atoms with E-state index in [9.17, 15) is 19.2 Å². The molecular formula is C54H55BrN6O6. The zero-order chi connectivity index (χ0) is 48.5. The van der Waals surface area contributed by atoms with Crippen LogP contribution in [0.2, 0.25) is 0 Å². The van der Waals surface area contributed by atoms with Gasteiger partial charge in [0.15, 0.2) is 0 Å². The topological polar surface area (TPSA) is 160 Å². The number of fused-ring (bicyclic) bond motifs is 2. The SMILES string of the molecule is CC(C)(C)OC(N)=O.Cc1nc2ccc(Br)cc2c(=O)n1C(c1ccccc1)c1ccccc1.Cc1nc2ccc(NC(=O)OC(C)(C)C)cc2c(=O)n1C(c1ccccc1)c1ccccc1. The quantitative estimate of drug-likeness (QED) is 0.160. The standard InChI is InChI=1S/C27H27N3O3.C22H17BrN2O.C5H11NO2/c1-18-28-23-16-15-21(29-26(32)33-27(2,3)4)17-22(23)25(31)30(18)24(19-11-7-5-8-12-19)20-13-9-6-10-14-20;1-15-24-20-13-12-18(23)14-19(20)22(26)25(15)21(16-8-4-2-5-9-16)17-10-6-3-7-11-17;1-5(2,3)8-4(6)7/h5-17,24H,1-4H3,(H,29,32);2-14,21H,1H3;1-3H3,(H2,6,7). The molecule has 13 heteroatoms. The monoisotopic (exact) mass is 962 g/mol. The first-order valence-electron chi connectivity index (χ1n) is 21.7. The van der Waals surface area contributed by atoms with Gasteiger partial charge >= 0.3 is 12.2 Å². The van der Waals surface area contributed by atoms with Gasteiger partial charge in [0.25, 0.3) is 11.1 Å². The van der Waals surface area contributed by atoms with Gasteiger partial charge in [-0.1, -0.05) is 137 Å². The number of hydrogen-bond donors (Lipinski definition) is 2. The lowest BCUT2D eigenvalue weighted by Crippen LogP contribution is -2.30. The number of rotatable bonds is 7. The van der Waals surface area contributed by atoms with E-state index in [0.29, 0.717) is 39.1 Å². The van der Waals surface area contributed by atoms with E-state index in [1.54, 1.807) is 68.9 Å². The maximum Gasteiger partial charge on any atom is 0.412 e. The molecule has 3 N–H and O–H groups in total. The molecule has 8 rings (SSSR count). The first-order valence-corrected chi connectivity index (χ1v) is 22.5. The lowest BCUT2D eigenvalue weighted by molar-refractivity contribution is 0.0596. The number of nitrogens with two attached hydrogens (primary N) is 1. The highest BCUT2D eigenvalue weighted by Gasteiger charge is 2.24. The van der Waals surface area contributed by atoms with Crippen LogP contribution in [0.1, 0.15) is 87.5 Å². The number of nitrogens with one attached hydrogen (secondary N) is 1. The molecule has 0 spiro atoms. The lowest BCUT2D eigenvalue weighted by Gasteiger charge is -2.23. The van der Waals surface area contributed by atoms with Crippen molar-refractivity contribution in [1.82, 2.24) is 19.1 Å². The summed E-state index contributed by atoms with van der Waals surface area (Å²) in [7, 11) is 0. The average Bonchev–Trinajstić information content (AvgIpc) is 3.27. The zero-order valence-electron chi connectivity index (χ0n) is 38.9. The number of anilines is 1. The van der Waals surface area contributed by atoms with Crippen molar-refractivity contribution in [3.63, 3.8) is 0 Å². The van der Waals surface area contributed by atoms with E-state index in [-0.39, 0.29) is 23.2 Å². The van der Waals surface area contributed by atoms with Crippen LogP contribution < -0.4 is 22.2 Å². The number of carbonyl (C=O) groups is 2. The number of ether oxygens (including phenoxy) is 2. The maximum atomic E-state index is 13.8. The van der Waals surface area contributed by atoms with E-state index in [1.165, 1.54) is 0 Å². The van der Waals surface area contributed by atoms with Gasteiger partial charge in [0.2, 0.25) is 0 Å². The molecule has 0 unspecified atom stereocenters. The molecule has 67 heavy (non-hydrogen) atoms. The molecule has 0 aliphatic heterocycles. The summed E-state index contributed by atoms with van der Waals surface area (Å²) in [5.74, 6) is 1.31. The Hall–Kier alpha value is -7.38. The van der Waals surface area contributed by atoms with Gasteiger partial charge in [-0.25, -0.2) is 19.6 Å². The third-order valence-corrected chi connectivity index (χ3v) is 10.6. The van der Waals surface area contributed by atoms with E-state index in [4.69, 9.17) is 20.4 Å². The van der Waals surface area contributed by atoms with Gasteiger partial charge in [-0.15, -0.1) is 0 Å². The smallest absolute Gasteiger partial charge is 0.412 e. The van der Waals surface area contributed by atoms with Crippen LogP contribution in [0.3, 0.4) is 0 Å². The molecule has 6 aromatic carbocycles. The molecule has 12 nitrogen and oxygen atoms in total. The summed E-state index contributed by atoms with van der Waals surface area (Å²) in [6.45, 7) is 14.4. The van der Waals surface area contributed by atoms with Crippen LogP contribution >= 0.6 is 15.9 Å². The summed E-state index contributed by atoms with van der Waals surface area (Å²) in [6.07, 6.45) is -1.30. The number of aryl methyl sites for hydroxylation is 2. The van der Waals surface area contributed by atoms with Gasteiger partial charge in [0.1, 0.15) is 22.9 Å². The number of halogens is 1. The minimum absolute atomic E-state index is 0.0356. The minimum atomic E-state index is -0.725. The Morgan fingerprint density at radius 2 is 0.910 bits per heavy atom. The van der Waals surface area contributed by atoms with Crippen LogP contribution in [0, 0.1) is 13.8 Å². The van der Waals surface area contributed by atoms with E-state index in [2.05, 4.69) is 50.2 Å². The molecule has 2 aromatic heterocycles. The first kappa shape index (κ1) is 49.1. The fraction of sp³-hybridized carbons (Fsp3) is 0.222. The van der Waals surface area contributed by atoms with Crippen molar-refractivity contribution in [1.29, 1.82) is 0 Å². The number of carbonyl (C=O) groups excluding carboxylic acids is 2. The number of nitrogens with zero attached hydrogens (tertiary/aromatic N) is 4. The first-order chi connectivity index (χ1) is 31.8. The van der Waals surface area contributed by atoms with Crippen molar-refractivity contribution in [2.75, 3.05) is 5.32 Å². The lowest BCUT2D eigenvalue weighted by atomic mass is 9.98. The Morgan fingerprint density at radius 3 is 1.25 bits per heavy atom. The fourth-order valence-corrected chi connectivity index (χ4v) is 7.88. The van der Waals surface area contributed by atoms with Crippen LogP contribution in [-0.2, 0) is 9.47 Å². The molecule has 0 radical (unpaired) electrons. The molecular weight excluding hydrogens is 909 g/mol. The predicted octanol–water partition coefficient (Wildman–Crippen LogP) is 11.7. The van der Waals surface area contributed by atoms with Crippen LogP contribution in [-0.4, -0.2) is 42.5 Å². The van der Waals surface area contributed by atoms with Crippen LogP contribution in [0.4, 0.5) is 15.3 Å². The number of amides is 2. The van der Waals surface area contributed by atoms with Crippen LogP contribution in [0.25, 0.3) is 21.8 Å². The van der Waals surface area contributed by atoms with Gasteiger partial charge in [-0.05, 0) is 114 Å². The molecule has 344 valence electrons. The summed E-state index contributed by atoms with van der Waals surface area (Å²) < 4.78 is 14.3. The second-order valence-electron chi connectivity index (χ2n) is 17.7. The highest BCUT2D eigenvalue weighted by Crippen LogP contribution is 2.29. The highest BCUT2D eigenvalue weighted by atomic mass is 79.9. The number of aromatic nitrogens is 4. The third-order valence-electron chi connectivity index (χ3n) is 10.1. The Labute approximate surface area is 398 Å². The van der Waals surface area contributed by atoms with Crippen LogP contribution in [0.15, 0.2) is 172 Å². The highest BCUT2D eigenvalue weighted by molar-refractivity contribution is 9.10. The van der Waals surface area contributed by atoms with Gasteiger partial charge in [-0.2, -0.15) is 0 Å². The zero-order valence-corrected chi connectivity index (χ0v) is 40.4. The average molecular weight is 964 g/mol. The molecule has 0 saturated heterocycles. The minimum Gasteiger partial charge on any atom is -0.444 e. The summed E-state index contributed by atoms with van der Waals surface area (Å²) in [6, 6.07) is 50.1. The number of primary amides is 1. The Kier molecular flexibility index (Phi) is 15.6. The number of hydrogen-bond acceptors (Lipinski definition) is 8. The molecule has 8 aromatic rings. The second kappa shape index (κ2) is 21.3. The summed E-state index contributed by atoms with van der Waals surface area (Å²) in [5.41, 5.74) is 9.27. The Morgan fingerprint density at radius 1 is 0.552 bits per heavy atom. The van der Waals surface area contributed by atoms with Gasteiger partial charge in [0.05, 0.1) is 33.9 Å². The largest absolute Gasteiger partial charge is 0.444 e. The molecule has 0 atom stereocenters. The van der Waals surface area contributed by atoms with Crippen LogP contribution in [0.5, 0.6) is 0 Å².